The average molecular weight is 224 g/mol. The fourth-order valence-corrected chi connectivity index (χ4v) is 1.87. The van der Waals surface area contributed by atoms with Crippen molar-refractivity contribution in [1.29, 1.82) is 0 Å². The van der Waals surface area contributed by atoms with Gasteiger partial charge >= 0.3 is 0 Å². The van der Waals surface area contributed by atoms with Crippen LogP contribution in [0, 0.1) is 13.8 Å². The molecule has 90 valence electrons. The first kappa shape index (κ1) is 12.7. The van der Waals surface area contributed by atoms with E-state index in [1.165, 1.54) is 5.56 Å². The molecule has 1 heterocycles. The van der Waals surface area contributed by atoms with E-state index < -0.39 is 11.9 Å². The molecule has 0 fully saturated rings. The summed E-state index contributed by atoms with van der Waals surface area (Å²) in [7, 11) is 0. The fraction of sp³-hybridized carbons (Fsp3) is 0.636. The van der Waals surface area contributed by atoms with E-state index >= 15 is 0 Å². The van der Waals surface area contributed by atoms with Crippen LogP contribution in [-0.4, -0.2) is 21.7 Å². The summed E-state index contributed by atoms with van der Waals surface area (Å²) in [5.74, 6) is -0.461. The lowest BCUT2D eigenvalue weighted by Gasteiger charge is -2.08. The second-order valence-electron chi connectivity index (χ2n) is 4.02. The second-order valence-corrected chi connectivity index (χ2v) is 4.02. The van der Waals surface area contributed by atoms with Gasteiger partial charge in [-0.05, 0) is 32.3 Å². The van der Waals surface area contributed by atoms with Crippen LogP contribution in [0.25, 0.3) is 0 Å². The third-order valence-corrected chi connectivity index (χ3v) is 2.90. The Labute approximate surface area is 95.8 Å². The standard InChI is InChI=1S/C11H20N4O/c1-4-9-7(2)14-15(8(9)3)6-5-10(12)11(13)16/h10H,4-6,12H2,1-3H3,(H2,13,16). The number of carbonyl (C=O) groups excluding carboxylic acids is 1. The molecule has 0 saturated heterocycles. The largest absolute Gasteiger partial charge is 0.368 e. The van der Waals surface area contributed by atoms with Crippen molar-refractivity contribution in [3.05, 3.63) is 17.0 Å². The van der Waals surface area contributed by atoms with Crippen molar-refractivity contribution in [2.24, 2.45) is 11.5 Å². The molecule has 16 heavy (non-hydrogen) atoms. The van der Waals surface area contributed by atoms with Gasteiger partial charge in [0.25, 0.3) is 0 Å². The molecule has 5 nitrogen and oxygen atoms in total. The minimum absolute atomic E-state index is 0.461. The molecular weight excluding hydrogens is 204 g/mol. The summed E-state index contributed by atoms with van der Waals surface area (Å²) in [6, 6.07) is -0.589. The maximum absolute atomic E-state index is 10.8. The zero-order valence-electron chi connectivity index (χ0n) is 10.2. The smallest absolute Gasteiger partial charge is 0.234 e. The first-order chi connectivity index (χ1) is 7.47. The zero-order chi connectivity index (χ0) is 12.3. The van der Waals surface area contributed by atoms with Crippen molar-refractivity contribution in [3.63, 3.8) is 0 Å². The van der Waals surface area contributed by atoms with Gasteiger partial charge < -0.3 is 11.5 Å². The Kier molecular flexibility index (Phi) is 4.06. The minimum atomic E-state index is -0.589. The number of nitrogens with zero attached hydrogens (tertiary/aromatic N) is 2. The Bertz CT molecular complexity index is 384. The summed E-state index contributed by atoms with van der Waals surface area (Å²) in [4.78, 5) is 10.8. The molecule has 1 unspecified atom stereocenters. The van der Waals surface area contributed by atoms with E-state index in [9.17, 15) is 4.79 Å². The molecule has 1 amide bonds. The number of aromatic nitrogens is 2. The van der Waals surface area contributed by atoms with Crippen molar-refractivity contribution < 1.29 is 4.79 Å². The molecule has 0 radical (unpaired) electrons. The Morgan fingerprint density at radius 3 is 2.56 bits per heavy atom. The van der Waals surface area contributed by atoms with Crippen LogP contribution >= 0.6 is 0 Å². The van der Waals surface area contributed by atoms with Crippen molar-refractivity contribution in [1.82, 2.24) is 9.78 Å². The maximum atomic E-state index is 10.8. The summed E-state index contributed by atoms with van der Waals surface area (Å²) in [6.45, 7) is 6.78. The topological polar surface area (TPSA) is 86.9 Å². The monoisotopic (exact) mass is 224 g/mol. The normalized spacial score (nSPS) is 12.8. The third kappa shape index (κ3) is 2.61. The fourth-order valence-electron chi connectivity index (χ4n) is 1.87. The lowest BCUT2D eigenvalue weighted by atomic mass is 10.1. The van der Waals surface area contributed by atoms with Gasteiger partial charge in [-0.1, -0.05) is 6.92 Å². The summed E-state index contributed by atoms with van der Waals surface area (Å²) < 4.78 is 1.90. The lowest BCUT2D eigenvalue weighted by molar-refractivity contribution is -0.119. The number of nitrogens with two attached hydrogens (primary N) is 2. The van der Waals surface area contributed by atoms with Crippen molar-refractivity contribution >= 4 is 5.91 Å². The molecule has 1 aromatic heterocycles. The second kappa shape index (κ2) is 5.12. The number of carbonyl (C=O) groups is 1. The molecule has 0 bridgehead atoms. The van der Waals surface area contributed by atoms with Gasteiger partial charge in [-0.2, -0.15) is 5.10 Å². The lowest BCUT2D eigenvalue weighted by Crippen LogP contribution is -2.37. The third-order valence-electron chi connectivity index (χ3n) is 2.90. The Morgan fingerprint density at radius 2 is 2.12 bits per heavy atom. The molecule has 0 aliphatic rings. The number of hydrogen-bond donors (Lipinski definition) is 2. The highest BCUT2D eigenvalue weighted by Crippen LogP contribution is 2.13. The molecule has 4 N–H and O–H groups in total. The van der Waals surface area contributed by atoms with Crippen molar-refractivity contribution in [2.45, 2.75) is 46.2 Å². The molecule has 1 aromatic rings. The molecule has 0 aliphatic heterocycles. The number of amides is 1. The first-order valence-corrected chi connectivity index (χ1v) is 5.55. The van der Waals surface area contributed by atoms with Gasteiger partial charge in [0.15, 0.2) is 0 Å². The van der Waals surface area contributed by atoms with Crippen LogP contribution < -0.4 is 11.5 Å². The summed E-state index contributed by atoms with van der Waals surface area (Å²) in [5, 5.41) is 4.42. The molecule has 0 aliphatic carbocycles. The molecular formula is C11H20N4O. The summed E-state index contributed by atoms with van der Waals surface area (Å²) >= 11 is 0. The number of primary amides is 1. The summed E-state index contributed by atoms with van der Waals surface area (Å²) in [5.41, 5.74) is 14.2. The van der Waals surface area contributed by atoms with Crippen molar-refractivity contribution in [3.8, 4) is 0 Å². The molecule has 0 saturated carbocycles. The predicted octanol–water partition coefficient (Wildman–Crippen LogP) is 0.265. The van der Waals surface area contributed by atoms with Crippen LogP contribution in [0.4, 0.5) is 0 Å². The quantitative estimate of drug-likeness (QED) is 0.752. The van der Waals surface area contributed by atoms with Gasteiger partial charge in [-0.25, -0.2) is 0 Å². The highest BCUT2D eigenvalue weighted by atomic mass is 16.1. The van der Waals surface area contributed by atoms with Crippen LogP contribution in [0.15, 0.2) is 0 Å². The van der Waals surface area contributed by atoms with E-state index in [1.807, 2.05) is 18.5 Å². The Hall–Kier alpha value is -1.36. The van der Waals surface area contributed by atoms with Gasteiger partial charge in [-0.15, -0.1) is 0 Å². The van der Waals surface area contributed by atoms with Crippen molar-refractivity contribution in [2.75, 3.05) is 0 Å². The van der Waals surface area contributed by atoms with Crippen LogP contribution in [0.5, 0.6) is 0 Å². The van der Waals surface area contributed by atoms with Gasteiger partial charge in [0.1, 0.15) is 0 Å². The molecule has 1 atom stereocenters. The SMILES string of the molecule is CCc1c(C)nn(CCC(N)C(N)=O)c1C. The van der Waals surface area contributed by atoms with E-state index in [4.69, 9.17) is 11.5 Å². The number of rotatable bonds is 5. The van der Waals surface area contributed by atoms with Crippen LogP contribution in [0.3, 0.4) is 0 Å². The number of hydrogen-bond acceptors (Lipinski definition) is 3. The van der Waals surface area contributed by atoms with Crippen LogP contribution in [0.1, 0.15) is 30.3 Å². The molecule has 0 aromatic carbocycles. The predicted molar refractivity (Wildman–Crippen MR) is 62.9 cm³/mol. The minimum Gasteiger partial charge on any atom is -0.368 e. The van der Waals surface area contributed by atoms with Gasteiger partial charge in [0, 0.05) is 12.2 Å². The first-order valence-electron chi connectivity index (χ1n) is 5.55. The van der Waals surface area contributed by atoms with E-state index in [2.05, 4.69) is 12.0 Å². The van der Waals surface area contributed by atoms with Gasteiger partial charge in [-0.3, -0.25) is 9.48 Å². The van der Waals surface area contributed by atoms with E-state index in [1.54, 1.807) is 0 Å². The Balaban J connectivity index is 2.71. The zero-order valence-corrected chi connectivity index (χ0v) is 10.2. The van der Waals surface area contributed by atoms with E-state index in [0.717, 1.165) is 17.8 Å². The summed E-state index contributed by atoms with van der Waals surface area (Å²) in [6.07, 6.45) is 1.50. The van der Waals surface area contributed by atoms with Gasteiger partial charge in [0.05, 0.1) is 11.7 Å². The van der Waals surface area contributed by atoms with Crippen LogP contribution in [-0.2, 0) is 17.8 Å². The Morgan fingerprint density at radius 1 is 1.50 bits per heavy atom. The number of aryl methyl sites for hydroxylation is 2. The average Bonchev–Trinajstić information content (AvgIpc) is 2.50. The molecule has 0 spiro atoms. The van der Waals surface area contributed by atoms with Gasteiger partial charge in [0.2, 0.25) is 5.91 Å². The highest BCUT2D eigenvalue weighted by Gasteiger charge is 2.13. The molecule has 1 rings (SSSR count). The van der Waals surface area contributed by atoms with E-state index in [0.29, 0.717) is 13.0 Å². The van der Waals surface area contributed by atoms with Crippen LogP contribution in [0.2, 0.25) is 0 Å². The maximum Gasteiger partial charge on any atom is 0.234 e. The highest BCUT2D eigenvalue weighted by molar-refractivity contribution is 5.79. The van der Waals surface area contributed by atoms with E-state index in [-0.39, 0.29) is 0 Å². The molecule has 5 heteroatoms.